The first kappa shape index (κ1) is 15.7. The summed E-state index contributed by atoms with van der Waals surface area (Å²) in [4.78, 5) is 31.3. The first-order valence-corrected chi connectivity index (χ1v) is 9.24. The number of carbonyl (C=O) groups excluding carboxylic acids is 1. The van der Waals surface area contributed by atoms with Crippen molar-refractivity contribution >= 4 is 27.8 Å². The molecule has 1 amide bonds. The summed E-state index contributed by atoms with van der Waals surface area (Å²) in [6.07, 6.45) is 8.20. The predicted molar refractivity (Wildman–Crippen MR) is 96.7 cm³/mol. The highest BCUT2D eigenvalue weighted by molar-refractivity contribution is 6.04. The molecule has 3 aromatic heterocycles. The van der Waals surface area contributed by atoms with Crippen LogP contribution in [0.4, 0.5) is 0 Å². The van der Waals surface area contributed by atoms with Crippen LogP contribution in [0.5, 0.6) is 0 Å². The minimum atomic E-state index is 0.0297. The molecule has 2 aliphatic heterocycles. The third-order valence-electron chi connectivity index (χ3n) is 5.63. The number of pyridine rings is 1. The van der Waals surface area contributed by atoms with Gasteiger partial charge in [0.1, 0.15) is 0 Å². The van der Waals surface area contributed by atoms with Gasteiger partial charge in [-0.15, -0.1) is 0 Å². The van der Waals surface area contributed by atoms with Crippen LogP contribution in [-0.4, -0.2) is 57.0 Å². The molecule has 7 heteroatoms. The minimum absolute atomic E-state index is 0.0297. The lowest BCUT2D eigenvalue weighted by Gasteiger charge is -2.34. The largest absolute Gasteiger partial charge is 0.381 e. The summed E-state index contributed by atoms with van der Waals surface area (Å²) in [7, 11) is 0. The van der Waals surface area contributed by atoms with Gasteiger partial charge < -0.3 is 14.6 Å². The molecule has 2 atom stereocenters. The number of carbonyl (C=O) groups is 1. The van der Waals surface area contributed by atoms with Crippen molar-refractivity contribution in [1.82, 2.24) is 24.8 Å². The number of ether oxygens (including phenoxy) is 1. The van der Waals surface area contributed by atoms with Crippen LogP contribution >= 0.6 is 0 Å². The maximum absolute atomic E-state index is 12.8. The SMILES string of the molecule is O=C(C1CCOC1)N1CCCC(c2[nH]cnc3cnc4nccc4c23)C1. The first-order valence-electron chi connectivity index (χ1n) is 9.24. The van der Waals surface area contributed by atoms with Gasteiger partial charge in [-0.05, 0) is 25.3 Å². The Balaban J connectivity index is 1.51. The maximum atomic E-state index is 12.8. The smallest absolute Gasteiger partial charge is 0.228 e. The van der Waals surface area contributed by atoms with Gasteiger partial charge in [0, 0.05) is 48.3 Å². The van der Waals surface area contributed by atoms with Gasteiger partial charge in [-0.3, -0.25) is 4.79 Å². The Hall–Kier alpha value is -2.54. The summed E-state index contributed by atoms with van der Waals surface area (Å²) >= 11 is 0. The number of aromatic amines is 1. The van der Waals surface area contributed by atoms with Gasteiger partial charge in [0.05, 0.1) is 30.6 Å². The molecule has 134 valence electrons. The lowest BCUT2D eigenvalue weighted by atomic mass is 9.91. The highest BCUT2D eigenvalue weighted by Gasteiger charge is 2.32. The summed E-state index contributed by atoms with van der Waals surface area (Å²) in [5.74, 6) is 0.537. The predicted octanol–water partition coefficient (Wildman–Crippen LogP) is 2.25. The molecule has 2 unspecified atom stereocenters. The van der Waals surface area contributed by atoms with E-state index in [1.54, 1.807) is 18.7 Å². The van der Waals surface area contributed by atoms with Crippen molar-refractivity contribution in [2.45, 2.75) is 25.2 Å². The minimum Gasteiger partial charge on any atom is -0.381 e. The summed E-state index contributed by atoms with van der Waals surface area (Å²) < 4.78 is 5.40. The lowest BCUT2D eigenvalue weighted by molar-refractivity contribution is -0.136. The number of amides is 1. The molecule has 3 aromatic rings. The molecule has 2 saturated heterocycles. The van der Waals surface area contributed by atoms with Crippen LogP contribution in [0.1, 0.15) is 30.9 Å². The quantitative estimate of drug-likeness (QED) is 0.765. The Bertz CT molecular complexity index is 963. The standard InChI is InChI=1S/C19H21N5O2/c25-19(13-4-7-26-10-13)24-6-1-2-12(9-24)17-16-14-3-5-20-18(14)21-8-15(16)22-11-23-17/h3,5,8,11-13H,1-2,4,6-7,9-10H2,(H,22,23). The molecule has 0 saturated carbocycles. The van der Waals surface area contributed by atoms with Crippen molar-refractivity contribution in [3.05, 3.63) is 30.5 Å². The van der Waals surface area contributed by atoms with Gasteiger partial charge in [-0.1, -0.05) is 0 Å². The number of hydrogen-bond acceptors (Lipinski definition) is 5. The fourth-order valence-corrected chi connectivity index (χ4v) is 4.30. The van der Waals surface area contributed by atoms with Crippen molar-refractivity contribution in [2.75, 3.05) is 26.3 Å². The van der Waals surface area contributed by atoms with Crippen LogP contribution in [0, 0.1) is 5.92 Å². The third-order valence-corrected chi connectivity index (χ3v) is 5.63. The molecule has 0 radical (unpaired) electrons. The monoisotopic (exact) mass is 351 g/mol. The second kappa shape index (κ2) is 6.32. The number of aromatic nitrogens is 4. The summed E-state index contributed by atoms with van der Waals surface area (Å²) in [6.45, 7) is 2.84. The zero-order chi connectivity index (χ0) is 17.5. The van der Waals surface area contributed by atoms with Crippen LogP contribution in [0.15, 0.2) is 24.8 Å². The van der Waals surface area contributed by atoms with Crippen LogP contribution in [-0.2, 0) is 9.53 Å². The van der Waals surface area contributed by atoms with Crippen LogP contribution < -0.4 is 0 Å². The normalized spacial score (nSPS) is 23.8. The van der Waals surface area contributed by atoms with Crippen molar-refractivity contribution in [3.63, 3.8) is 0 Å². The summed E-state index contributed by atoms with van der Waals surface area (Å²) in [5.41, 5.74) is 2.74. The van der Waals surface area contributed by atoms with E-state index in [2.05, 4.69) is 19.9 Å². The lowest BCUT2D eigenvalue weighted by Crippen LogP contribution is -2.42. The van der Waals surface area contributed by atoms with Crippen molar-refractivity contribution in [1.29, 1.82) is 0 Å². The molecule has 2 aliphatic rings. The molecule has 1 N–H and O–H groups in total. The number of likely N-dealkylation sites (tertiary alicyclic amines) is 1. The van der Waals surface area contributed by atoms with E-state index < -0.39 is 0 Å². The van der Waals surface area contributed by atoms with Gasteiger partial charge >= 0.3 is 0 Å². The van der Waals surface area contributed by atoms with E-state index in [0.717, 1.165) is 60.0 Å². The highest BCUT2D eigenvalue weighted by Crippen LogP contribution is 2.33. The van der Waals surface area contributed by atoms with E-state index in [1.165, 1.54) is 0 Å². The van der Waals surface area contributed by atoms with E-state index in [0.29, 0.717) is 13.2 Å². The van der Waals surface area contributed by atoms with E-state index >= 15 is 0 Å². The number of rotatable bonds is 2. The number of nitrogens with zero attached hydrogens (tertiary/aromatic N) is 4. The molecular weight excluding hydrogens is 330 g/mol. The number of H-pyrrole nitrogens is 1. The number of nitrogens with one attached hydrogen (secondary N) is 1. The Morgan fingerprint density at radius 2 is 2.23 bits per heavy atom. The van der Waals surface area contributed by atoms with Crippen molar-refractivity contribution in [2.24, 2.45) is 5.92 Å². The van der Waals surface area contributed by atoms with Crippen molar-refractivity contribution < 1.29 is 9.53 Å². The Kier molecular flexibility index (Phi) is 3.81. The van der Waals surface area contributed by atoms with Crippen LogP contribution in [0.2, 0.25) is 0 Å². The van der Waals surface area contributed by atoms with E-state index in [4.69, 9.17) is 4.74 Å². The molecule has 0 aliphatic carbocycles. The summed E-state index contributed by atoms with van der Waals surface area (Å²) in [5, 5.41) is 2.10. The fourth-order valence-electron chi connectivity index (χ4n) is 4.30. The molecular formula is C19H21N5O2. The van der Waals surface area contributed by atoms with Crippen LogP contribution in [0.25, 0.3) is 21.9 Å². The highest BCUT2D eigenvalue weighted by atomic mass is 16.5. The molecule has 7 nitrogen and oxygen atoms in total. The molecule has 26 heavy (non-hydrogen) atoms. The molecule has 2 fully saturated rings. The fraction of sp³-hybridized carbons (Fsp3) is 0.474. The zero-order valence-electron chi connectivity index (χ0n) is 14.5. The summed E-state index contributed by atoms with van der Waals surface area (Å²) in [6, 6.07) is 1.99. The van der Waals surface area contributed by atoms with Gasteiger partial charge in [0.2, 0.25) is 5.91 Å². The van der Waals surface area contributed by atoms with E-state index in [-0.39, 0.29) is 17.7 Å². The number of hydrogen-bond donors (Lipinski definition) is 1. The van der Waals surface area contributed by atoms with Crippen molar-refractivity contribution in [3.8, 4) is 0 Å². The number of fused-ring (bicyclic) bond motifs is 3. The molecule has 0 bridgehead atoms. The van der Waals surface area contributed by atoms with Gasteiger partial charge in [-0.2, -0.15) is 0 Å². The zero-order valence-corrected chi connectivity index (χ0v) is 14.5. The topological polar surface area (TPSA) is 84.0 Å². The Morgan fingerprint density at radius 1 is 1.27 bits per heavy atom. The first-order chi connectivity index (χ1) is 12.8. The maximum Gasteiger partial charge on any atom is 0.228 e. The molecule has 5 heterocycles. The Labute approximate surface area is 150 Å². The average Bonchev–Trinajstić information content (AvgIpc) is 3.38. The Morgan fingerprint density at radius 3 is 3.12 bits per heavy atom. The molecule has 5 rings (SSSR count). The second-order valence-corrected chi connectivity index (χ2v) is 7.20. The second-order valence-electron chi connectivity index (χ2n) is 7.20. The third kappa shape index (κ3) is 2.54. The van der Waals surface area contributed by atoms with Gasteiger partial charge in [-0.25, -0.2) is 15.0 Å². The van der Waals surface area contributed by atoms with Gasteiger partial charge in [0.25, 0.3) is 0 Å². The number of piperidine rings is 1. The average molecular weight is 351 g/mol. The van der Waals surface area contributed by atoms with Gasteiger partial charge in [0.15, 0.2) is 5.65 Å². The molecule has 0 spiro atoms. The van der Waals surface area contributed by atoms with Crippen LogP contribution in [0.3, 0.4) is 0 Å². The molecule has 0 aromatic carbocycles. The van der Waals surface area contributed by atoms with E-state index in [1.807, 2.05) is 11.0 Å². The van der Waals surface area contributed by atoms with E-state index in [9.17, 15) is 4.79 Å².